The number of hydrogen-bond donors (Lipinski definition) is 2. The number of aromatic nitrogens is 2. The number of benzene rings is 1. The van der Waals surface area contributed by atoms with Crippen LogP contribution in [0.15, 0.2) is 34.0 Å². The first kappa shape index (κ1) is 13.1. The van der Waals surface area contributed by atoms with Gasteiger partial charge in [-0.25, -0.2) is 4.39 Å². The van der Waals surface area contributed by atoms with Crippen molar-refractivity contribution in [2.75, 3.05) is 5.32 Å². The van der Waals surface area contributed by atoms with Crippen LogP contribution in [-0.2, 0) is 0 Å². The van der Waals surface area contributed by atoms with Gasteiger partial charge in [0.15, 0.2) is 0 Å². The van der Waals surface area contributed by atoms with Crippen LogP contribution in [0.25, 0.3) is 10.4 Å². The molecule has 1 aromatic heterocycles. The largest absolute Gasteiger partial charge is 0.318 e. The molecule has 19 heavy (non-hydrogen) atoms. The standard InChI is InChI=1S/C10H6BrFN6O/c11-5-1-2-7(6(12)3-5)15-10(19)9-8(16-18-13)4-14-17-9/h1-4H,(H,14,17)(H,15,19). The molecule has 1 amide bonds. The van der Waals surface area contributed by atoms with Crippen LogP contribution in [0.4, 0.5) is 15.8 Å². The van der Waals surface area contributed by atoms with Gasteiger partial charge < -0.3 is 5.32 Å². The second kappa shape index (κ2) is 5.51. The molecule has 0 atom stereocenters. The van der Waals surface area contributed by atoms with Gasteiger partial charge in [-0.05, 0) is 23.7 Å². The Morgan fingerprint density at radius 1 is 1.58 bits per heavy atom. The van der Waals surface area contributed by atoms with Gasteiger partial charge in [-0.1, -0.05) is 21.0 Å². The fraction of sp³-hybridized carbons (Fsp3) is 0. The summed E-state index contributed by atoms with van der Waals surface area (Å²) in [6.07, 6.45) is 1.20. The number of aromatic amines is 1. The first-order chi connectivity index (χ1) is 9.11. The van der Waals surface area contributed by atoms with Crippen LogP contribution < -0.4 is 5.32 Å². The summed E-state index contributed by atoms with van der Waals surface area (Å²) in [7, 11) is 0. The zero-order chi connectivity index (χ0) is 13.8. The predicted molar refractivity (Wildman–Crippen MR) is 69.4 cm³/mol. The molecule has 96 valence electrons. The Morgan fingerprint density at radius 3 is 3.05 bits per heavy atom. The predicted octanol–water partition coefficient (Wildman–Crippen LogP) is 3.51. The molecule has 0 aliphatic rings. The lowest BCUT2D eigenvalue weighted by Gasteiger charge is -2.05. The number of anilines is 1. The lowest BCUT2D eigenvalue weighted by atomic mass is 10.3. The average molecular weight is 325 g/mol. The van der Waals surface area contributed by atoms with E-state index < -0.39 is 11.7 Å². The molecule has 0 aliphatic carbocycles. The Morgan fingerprint density at radius 2 is 2.37 bits per heavy atom. The Bertz CT molecular complexity index is 678. The summed E-state index contributed by atoms with van der Waals surface area (Å²) >= 11 is 3.11. The number of H-pyrrole nitrogens is 1. The molecule has 0 spiro atoms. The molecule has 7 nitrogen and oxygen atoms in total. The van der Waals surface area contributed by atoms with Gasteiger partial charge in [0.1, 0.15) is 11.5 Å². The van der Waals surface area contributed by atoms with Crippen LogP contribution in [-0.4, -0.2) is 16.1 Å². The molecule has 2 aromatic rings. The Kier molecular flexibility index (Phi) is 3.79. The molecule has 0 unspecified atom stereocenters. The van der Waals surface area contributed by atoms with Gasteiger partial charge in [0.25, 0.3) is 5.91 Å². The van der Waals surface area contributed by atoms with Gasteiger partial charge in [0.2, 0.25) is 0 Å². The van der Waals surface area contributed by atoms with E-state index in [-0.39, 0.29) is 17.1 Å². The number of amides is 1. The van der Waals surface area contributed by atoms with Crippen molar-refractivity contribution < 1.29 is 9.18 Å². The quantitative estimate of drug-likeness (QED) is 0.512. The number of carbonyl (C=O) groups excluding carboxylic acids is 1. The molecule has 0 saturated carbocycles. The maximum atomic E-state index is 13.5. The number of nitrogens with zero attached hydrogens (tertiary/aromatic N) is 4. The van der Waals surface area contributed by atoms with E-state index in [0.29, 0.717) is 4.47 Å². The zero-order valence-electron chi connectivity index (χ0n) is 9.26. The third-order valence-corrected chi connectivity index (χ3v) is 2.67. The lowest BCUT2D eigenvalue weighted by Crippen LogP contribution is -2.13. The summed E-state index contributed by atoms with van der Waals surface area (Å²) in [6.45, 7) is 0. The average Bonchev–Trinajstić information content (AvgIpc) is 2.81. The van der Waals surface area contributed by atoms with E-state index in [9.17, 15) is 9.18 Å². The van der Waals surface area contributed by atoms with Crippen molar-refractivity contribution in [3.63, 3.8) is 0 Å². The van der Waals surface area contributed by atoms with Crippen LogP contribution in [0.5, 0.6) is 0 Å². The van der Waals surface area contributed by atoms with Crippen LogP contribution in [0.2, 0.25) is 0 Å². The number of nitrogens with one attached hydrogen (secondary N) is 2. The molecule has 2 rings (SSSR count). The van der Waals surface area contributed by atoms with E-state index in [1.807, 2.05) is 0 Å². The first-order valence-electron chi connectivity index (χ1n) is 4.96. The summed E-state index contributed by atoms with van der Waals surface area (Å²) < 4.78 is 14.1. The Balaban J connectivity index is 2.25. The molecular formula is C10H6BrFN6O. The van der Waals surface area contributed by atoms with Gasteiger partial charge in [-0.3, -0.25) is 9.89 Å². The zero-order valence-corrected chi connectivity index (χ0v) is 10.8. The van der Waals surface area contributed by atoms with E-state index in [2.05, 4.69) is 41.5 Å². The number of halogens is 2. The SMILES string of the molecule is [N-]=[N+]=Nc1cn[nH]c1C(=O)Nc1ccc(Br)cc1F. The van der Waals surface area contributed by atoms with Crippen LogP contribution in [0, 0.1) is 5.82 Å². The minimum Gasteiger partial charge on any atom is -0.318 e. The Labute approximate surface area is 114 Å². The maximum absolute atomic E-state index is 13.5. The van der Waals surface area contributed by atoms with Crippen LogP contribution >= 0.6 is 15.9 Å². The third kappa shape index (κ3) is 2.90. The van der Waals surface area contributed by atoms with Crippen molar-refractivity contribution in [2.24, 2.45) is 5.11 Å². The van der Waals surface area contributed by atoms with Gasteiger partial charge in [-0.15, -0.1) is 0 Å². The van der Waals surface area contributed by atoms with Crippen molar-refractivity contribution in [3.05, 3.63) is 50.8 Å². The normalized spacial score (nSPS) is 9.79. The highest BCUT2D eigenvalue weighted by Crippen LogP contribution is 2.22. The molecule has 1 aromatic carbocycles. The molecule has 0 fully saturated rings. The maximum Gasteiger partial charge on any atom is 0.274 e. The van der Waals surface area contributed by atoms with E-state index in [1.165, 1.54) is 18.3 Å². The van der Waals surface area contributed by atoms with Crippen molar-refractivity contribution in [3.8, 4) is 0 Å². The summed E-state index contributed by atoms with van der Waals surface area (Å²) in [5.41, 5.74) is 8.34. The molecule has 0 radical (unpaired) electrons. The molecular weight excluding hydrogens is 319 g/mol. The van der Waals surface area contributed by atoms with Crippen LogP contribution in [0.3, 0.4) is 0 Å². The summed E-state index contributed by atoms with van der Waals surface area (Å²) in [6, 6.07) is 4.21. The van der Waals surface area contributed by atoms with Gasteiger partial charge in [0.05, 0.1) is 17.6 Å². The minimum atomic E-state index is -0.652. The molecule has 1 heterocycles. The van der Waals surface area contributed by atoms with E-state index in [4.69, 9.17) is 5.53 Å². The highest BCUT2D eigenvalue weighted by Gasteiger charge is 2.14. The Hall–Kier alpha value is -2.38. The molecule has 0 aliphatic heterocycles. The molecule has 0 bridgehead atoms. The van der Waals surface area contributed by atoms with Gasteiger partial charge in [0, 0.05) is 9.38 Å². The van der Waals surface area contributed by atoms with Gasteiger partial charge in [-0.2, -0.15) is 5.10 Å². The summed E-state index contributed by atoms with van der Waals surface area (Å²) in [5.74, 6) is -1.24. The molecule has 2 N–H and O–H groups in total. The second-order valence-corrected chi connectivity index (χ2v) is 4.31. The monoisotopic (exact) mass is 324 g/mol. The minimum absolute atomic E-state index is 0.00897. The van der Waals surface area contributed by atoms with E-state index in [1.54, 1.807) is 6.07 Å². The van der Waals surface area contributed by atoms with Crippen LogP contribution in [0.1, 0.15) is 10.5 Å². The first-order valence-corrected chi connectivity index (χ1v) is 5.76. The van der Waals surface area contributed by atoms with Crippen molar-refractivity contribution in [2.45, 2.75) is 0 Å². The number of azide groups is 1. The number of hydrogen-bond acceptors (Lipinski definition) is 3. The highest BCUT2D eigenvalue weighted by atomic mass is 79.9. The van der Waals surface area contributed by atoms with Crippen molar-refractivity contribution in [1.82, 2.24) is 10.2 Å². The van der Waals surface area contributed by atoms with Crippen molar-refractivity contribution in [1.29, 1.82) is 0 Å². The number of rotatable bonds is 3. The third-order valence-electron chi connectivity index (χ3n) is 2.18. The molecule has 9 heteroatoms. The number of carbonyl (C=O) groups is 1. The van der Waals surface area contributed by atoms with E-state index >= 15 is 0 Å². The summed E-state index contributed by atoms with van der Waals surface area (Å²) in [5, 5.41) is 11.6. The topological polar surface area (TPSA) is 107 Å². The van der Waals surface area contributed by atoms with Crippen molar-refractivity contribution >= 4 is 33.2 Å². The fourth-order valence-corrected chi connectivity index (χ4v) is 1.68. The smallest absolute Gasteiger partial charge is 0.274 e. The highest BCUT2D eigenvalue weighted by molar-refractivity contribution is 9.10. The van der Waals surface area contributed by atoms with Gasteiger partial charge >= 0.3 is 0 Å². The molecule has 0 saturated heterocycles. The fourth-order valence-electron chi connectivity index (χ4n) is 1.35. The lowest BCUT2D eigenvalue weighted by molar-refractivity contribution is 0.102. The summed E-state index contributed by atoms with van der Waals surface area (Å²) in [4.78, 5) is 14.4. The van der Waals surface area contributed by atoms with E-state index in [0.717, 1.165) is 0 Å². The second-order valence-electron chi connectivity index (χ2n) is 3.40.